The van der Waals surface area contributed by atoms with E-state index in [4.69, 9.17) is 0 Å². The van der Waals surface area contributed by atoms with E-state index in [0.717, 1.165) is 12.1 Å². The zero-order valence-electron chi connectivity index (χ0n) is 10.2. The molecule has 0 saturated heterocycles. The Morgan fingerprint density at radius 3 is 2.52 bits per heavy atom. The number of aromatic nitrogens is 1. The van der Waals surface area contributed by atoms with Gasteiger partial charge in [-0.25, -0.2) is 0 Å². The first-order valence-corrected chi connectivity index (χ1v) is 7.19. The van der Waals surface area contributed by atoms with Gasteiger partial charge in [0.2, 0.25) is 0 Å². The van der Waals surface area contributed by atoms with Crippen molar-refractivity contribution in [2.45, 2.75) is 12.5 Å². The zero-order chi connectivity index (χ0) is 15.6. The standard InChI is InChI=1S/C13H8Br2F3NO2/c14-8-5-10(15)11(19-6-8)12(20)7-2-1-3-9(4-7)21-13(16,17)18/h1-6,12,20H. The van der Waals surface area contributed by atoms with Crippen molar-refractivity contribution in [3.8, 4) is 5.75 Å². The van der Waals surface area contributed by atoms with Crippen LogP contribution in [0.1, 0.15) is 17.4 Å². The van der Waals surface area contributed by atoms with Crippen LogP contribution < -0.4 is 4.74 Å². The van der Waals surface area contributed by atoms with E-state index in [2.05, 4.69) is 41.6 Å². The predicted octanol–water partition coefficient (Wildman–Crippen LogP) is 4.59. The molecule has 21 heavy (non-hydrogen) atoms. The van der Waals surface area contributed by atoms with Gasteiger partial charge in [0, 0.05) is 15.1 Å². The van der Waals surface area contributed by atoms with Crippen LogP contribution in [-0.2, 0) is 0 Å². The van der Waals surface area contributed by atoms with Crippen LogP contribution in [0, 0.1) is 0 Å². The Bertz CT molecular complexity index is 650. The lowest BCUT2D eigenvalue weighted by Crippen LogP contribution is -2.17. The van der Waals surface area contributed by atoms with Gasteiger partial charge in [-0.1, -0.05) is 12.1 Å². The number of aliphatic hydroxyl groups is 1. The molecule has 0 amide bonds. The van der Waals surface area contributed by atoms with Crippen LogP contribution in [0.25, 0.3) is 0 Å². The maximum absolute atomic E-state index is 12.2. The summed E-state index contributed by atoms with van der Waals surface area (Å²) in [6.45, 7) is 0. The minimum atomic E-state index is -4.78. The Hall–Kier alpha value is -1.12. The summed E-state index contributed by atoms with van der Waals surface area (Å²) in [5, 5.41) is 10.2. The number of aliphatic hydroxyl groups excluding tert-OH is 1. The highest BCUT2D eigenvalue weighted by Gasteiger charge is 2.31. The van der Waals surface area contributed by atoms with E-state index in [-0.39, 0.29) is 5.56 Å². The number of nitrogens with zero attached hydrogens (tertiary/aromatic N) is 1. The van der Waals surface area contributed by atoms with Crippen molar-refractivity contribution in [2.24, 2.45) is 0 Å². The molecule has 0 bridgehead atoms. The Labute approximate surface area is 135 Å². The van der Waals surface area contributed by atoms with Crippen molar-refractivity contribution in [3.05, 3.63) is 56.7 Å². The molecule has 0 fully saturated rings. The number of hydrogen-bond acceptors (Lipinski definition) is 3. The Morgan fingerprint density at radius 1 is 1.19 bits per heavy atom. The van der Waals surface area contributed by atoms with Crippen LogP contribution in [0.3, 0.4) is 0 Å². The maximum Gasteiger partial charge on any atom is 0.573 e. The topological polar surface area (TPSA) is 42.4 Å². The van der Waals surface area contributed by atoms with Crippen LogP contribution >= 0.6 is 31.9 Å². The van der Waals surface area contributed by atoms with Gasteiger partial charge in [-0.05, 0) is 55.6 Å². The van der Waals surface area contributed by atoms with Crippen LogP contribution in [0.15, 0.2) is 45.5 Å². The number of ether oxygens (including phenoxy) is 1. The summed E-state index contributed by atoms with van der Waals surface area (Å²) in [5.41, 5.74) is 0.537. The highest BCUT2D eigenvalue weighted by Crippen LogP contribution is 2.31. The Balaban J connectivity index is 2.31. The smallest absolute Gasteiger partial charge is 0.406 e. The van der Waals surface area contributed by atoms with Crippen LogP contribution in [0.5, 0.6) is 5.75 Å². The monoisotopic (exact) mass is 425 g/mol. The highest BCUT2D eigenvalue weighted by molar-refractivity contribution is 9.11. The van der Waals surface area contributed by atoms with Gasteiger partial charge in [0.25, 0.3) is 0 Å². The number of pyridine rings is 1. The molecule has 1 atom stereocenters. The Morgan fingerprint density at radius 2 is 1.90 bits per heavy atom. The first-order valence-electron chi connectivity index (χ1n) is 5.61. The van der Waals surface area contributed by atoms with Gasteiger partial charge in [-0.3, -0.25) is 4.98 Å². The van der Waals surface area contributed by atoms with E-state index in [1.54, 1.807) is 6.07 Å². The number of halogens is 5. The summed E-state index contributed by atoms with van der Waals surface area (Å²) in [5.74, 6) is -0.396. The van der Waals surface area contributed by atoms with Crippen molar-refractivity contribution < 1.29 is 23.0 Å². The summed E-state index contributed by atoms with van der Waals surface area (Å²) in [7, 11) is 0. The van der Waals surface area contributed by atoms with Crippen molar-refractivity contribution in [2.75, 3.05) is 0 Å². The van der Waals surface area contributed by atoms with E-state index < -0.39 is 18.2 Å². The summed E-state index contributed by atoms with van der Waals surface area (Å²) >= 11 is 6.48. The maximum atomic E-state index is 12.2. The molecule has 0 radical (unpaired) electrons. The SMILES string of the molecule is OC(c1cccc(OC(F)(F)F)c1)c1ncc(Br)cc1Br. The average molecular weight is 427 g/mol. The fourth-order valence-corrected chi connectivity index (χ4v) is 2.87. The van der Waals surface area contributed by atoms with Crippen LogP contribution in [0.4, 0.5) is 13.2 Å². The van der Waals surface area contributed by atoms with Crippen molar-refractivity contribution in [1.29, 1.82) is 0 Å². The zero-order valence-corrected chi connectivity index (χ0v) is 13.4. The number of hydrogen-bond donors (Lipinski definition) is 1. The first-order chi connectivity index (χ1) is 9.76. The molecule has 0 aliphatic carbocycles. The molecule has 0 aliphatic rings. The fourth-order valence-electron chi connectivity index (χ4n) is 1.67. The summed E-state index contributed by atoms with van der Waals surface area (Å²) in [6, 6.07) is 6.82. The quantitative estimate of drug-likeness (QED) is 0.780. The highest BCUT2D eigenvalue weighted by atomic mass is 79.9. The summed E-state index contributed by atoms with van der Waals surface area (Å²) in [6.07, 6.45) is -4.47. The van der Waals surface area contributed by atoms with E-state index in [0.29, 0.717) is 14.6 Å². The minimum Gasteiger partial charge on any atom is -0.406 e. The van der Waals surface area contributed by atoms with Gasteiger partial charge in [0.15, 0.2) is 0 Å². The third-order valence-corrected chi connectivity index (χ3v) is 3.57. The van der Waals surface area contributed by atoms with Gasteiger partial charge >= 0.3 is 6.36 Å². The summed E-state index contributed by atoms with van der Waals surface area (Å²) < 4.78 is 41.7. The molecule has 0 spiro atoms. The van der Waals surface area contributed by atoms with E-state index >= 15 is 0 Å². The largest absolute Gasteiger partial charge is 0.573 e. The van der Waals surface area contributed by atoms with Gasteiger partial charge in [-0.2, -0.15) is 0 Å². The average Bonchev–Trinajstić information content (AvgIpc) is 2.36. The van der Waals surface area contributed by atoms with Crippen molar-refractivity contribution in [3.63, 3.8) is 0 Å². The van der Waals surface area contributed by atoms with Gasteiger partial charge in [0.05, 0.1) is 5.69 Å². The third-order valence-electron chi connectivity index (χ3n) is 2.50. The molecule has 3 nitrogen and oxygen atoms in total. The van der Waals surface area contributed by atoms with E-state index in [1.165, 1.54) is 18.3 Å². The molecular formula is C13H8Br2F3NO2. The second-order valence-corrected chi connectivity index (χ2v) is 5.81. The molecule has 1 unspecified atom stereocenters. The number of alkyl halides is 3. The van der Waals surface area contributed by atoms with Gasteiger partial charge in [0.1, 0.15) is 11.9 Å². The second-order valence-electron chi connectivity index (χ2n) is 4.04. The normalized spacial score (nSPS) is 13.0. The molecule has 112 valence electrons. The lowest BCUT2D eigenvalue weighted by molar-refractivity contribution is -0.274. The molecule has 1 aromatic heterocycles. The fraction of sp³-hybridized carbons (Fsp3) is 0.154. The van der Waals surface area contributed by atoms with E-state index in [9.17, 15) is 18.3 Å². The molecule has 1 heterocycles. The molecule has 2 aromatic rings. The minimum absolute atomic E-state index is 0.243. The molecular weight excluding hydrogens is 419 g/mol. The number of rotatable bonds is 3. The van der Waals surface area contributed by atoms with Crippen LogP contribution in [0.2, 0.25) is 0 Å². The van der Waals surface area contributed by atoms with Crippen molar-refractivity contribution in [1.82, 2.24) is 4.98 Å². The van der Waals surface area contributed by atoms with Gasteiger partial charge < -0.3 is 9.84 Å². The van der Waals surface area contributed by atoms with E-state index in [1.807, 2.05) is 0 Å². The first kappa shape index (κ1) is 16.3. The number of benzene rings is 1. The lowest BCUT2D eigenvalue weighted by Gasteiger charge is -2.14. The third kappa shape index (κ3) is 4.42. The Kier molecular flexibility index (Phi) is 4.90. The summed E-state index contributed by atoms with van der Waals surface area (Å²) in [4.78, 5) is 4.05. The molecule has 2 rings (SSSR count). The van der Waals surface area contributed by atoms with Crippen LogP contribution in [-0.4, -0.2) is 16.5 Å². The molecule has 0 aliphatic heterocycles. The van der Waals surface area contributed by atoms with Gasteiger partial charge in [-0.15, -0.1) is 13.2 Å². The lowest BCUT2D eigenvalue weighted by atomic mass is 10.1. The molecule has 1 aromatic carbocycles. The molecule has 1 N–H and O–H groups in total. The second kappa shape index (κ2) is 6.33. The molecule has 8 heteroatoms. The predicted molar refractivity (Wildman–Crippen MR) is 76.8 cm³/mol. The van der Waals surface area contributed by atoms with Crippen molar-refractivity contribution >= 4 is 31.9 Å². The molecule has 0 saturated carbocycles.